The van der Waals surface area contributed by atoms with Crippen LogP contribution in [0.5, 0.6) is 0 Å². The van der Waals surface area contributed by atoms with E-state index in [1.807, 2.05) is 0 Å². The van der Waals surface area contributed by atoms with Gasteiger partial charge in [0, 0.05) is 33.3 Å². The molecular weight excluding hydrogens is 242 g/mol. The fourth-order valence-electron chi connectivity index (χ4n) is 2.39. The van der Waals surface area contributed by atoms with Gasteiger partial charge in [-0.25, -0.2) is 0 Å². The average molecular weight is 263 g/mol. The summed E-state index contributed by atoms with van der Waals surface area (Å²) >= 11 is 0. The zero-order valence-electron chi connectivity index (χ0n) is 10.2. The molecule has 2 atom stereocenters. The van der Waals surface area contributed by atoms with Gasteiger partial charge < -0.3 is 10.1 Å². The Bertz CT molecular complexity index is 341. The maximum absolute atomic E-state index is 12.1. The fraction of sp³-hybridized carbons (Fsp3) is 1.00. The number of hydrogen-bond acceptors (Lipinski definition) is 4. The summed E-state index contributed by atoms with van der Waals surface area (Å²) in [7, 11) is -1.74. The molecule has 0 aromatic heterocycles. The summed E-state index contributed by atoms with van der Waals surface area (Å²) in [6, 6.07) is -0.160. The smallest absolute Gasteiger partial charge is 0.279 e. The first-order valence-electron chi connectivity index (χ1n) is 6.14. The molecular formula is C10H21N3O3S. The van der Waals surface area contributed by atoms with Gasteiger partial charge in [-0.15, -0.1) is 0 Å². The maximum Gasteiger partial charge on any atom is 0.279 e. The number of piperidine rings is 1. The van der Waals surface area contributed by atoms with Crippen LogP contribution in [-0.2, 0) is 14.9 Å². The Kier molecular flexibility index (Phi) is 4.37. The lowest BCUT2D eigenvalue weighted by Crippen LogP contribution is -2.51. The van der Waals surface area contributed by atoms with E-state index >= 15 is 0 Å². The van der Waals surface area contributed by atoms with Crippen LogP contribution in [0.4, 0.5) is 0 Å². The summed E-state index contributed by atoms with van der Waals surface area (Å²) in [6.45, 7) is 2.59. The van der Waals surface area contributed by atoms with Crippen LogP contribution >= 0.6 is 0 Å². The first-order chi connectivity index (χ1) is 8.13. The summed E-state index contributed by atoms with van der Waals surface area (Å²) in [6.07, 6.45) is 2.96. The third-order valence-corrected chi connectivity index (χ3v) is 5.06. The van der Waals surface area contributed by atoms with Crippen LogP contribution in [0.15, 0.2) is 0 Å². The van der Waals surface area contributed by atoms with Crippen LogP contribution in [0.3, 0.4) is 0 Å². The van der Waals surface area contributed by atoms with Crippen molar-refractivity contribution in [2.45, 2.75) is 31.4 Å². The van der Waals surface area contributed by atoms with Crippen molar-refractivity contribution < 1.29 is 13.2 Å². The van der Waals surface area contributed by atoms with Crippen molar-refractivity contribution in [3.63, 3.8) is 0 Å². The summed E-state index contributed by atoms with van der Waals surface area (Å²) in [5, 5.41) is 3.13. The molecule has 2 aliphatic rings. The van der Waals surface area contributed by atoms with Crippen molar-refractivity contribution in [1.29, 1.82) is 0 Å². The molecule has 6 nitrogen and oxygen atoms in total. The van der Waals surface area contributed by atoms with Crippen LogP contribution in [-0.4, -0.2) is 58.2 Å². The number of nitrogens with zero attached hydrogens (tertiary/aromatic N) is 1. The minimum atomic E-state index is -3.35. The lowest BCUT2D eigenvalue weighted by atomic mass is 10.2. The van der Waals surface area contributed by atoms with E-state index in [4.69, 9.17) is 4.74 Å². The number of methoxy groups -OCH3 is 1. The number of hydrogen-bond donors (Lipinski definition) is 2. The molecule has 100 valence electrons. The van der Waals surface area contributed by atoms with Crippen molar-refractivity contribution in [2.75, 3.05) is 33.3 Å². The van der Waals surface area contributed by atoms with Gasteiger partial charge in [0.15, 0.2) is 0 Å². The van der Waals surface area contributed by atoms with E-state index in [0.29, 0.717) is 26.2 Å². The third kappa shape index (κ3) is 3.17. The zero-order chi connectivity index (χ0) is 12.3. The second-order valence-corrected chi connectivity index (χ2v) is 6.32. The Morgan fingerprint density at radius 1 is 1.24 bits per heavy atom. The van der Waals surface area contributed by atoms with E-state index in [-0.39, 0.29) is 12.1 Å². The van der Waals surface area contributed by atoms with E-state index in [0.717, 1.165) is 19.3 Å². The van der Waals surface area contributed by atoms with E-state index in [1.165, 1.54) is 0 Å². The van der Waals surface area contributed by atoms with E-state index in [9.17, 15) is 8.42 Å². The lowest BCUT2D eigenvalue weighted by Gasteiger charge is -2.28. The maximum atomic E-state index is 12.1. The van der Waals surface area contributed by atoms with Gasteiger partial charge in [0.2, 0.25) is 0 Å². The number of nitrogens with one attached hydrogen (secondary N) is 2. The molecule has 0 aromatic rings. The highest BCUT2D eigenvalue weighted by molar-refractivity contribution is 7.87. The normalized spacial score (nSPS) is 31.8. The standard InChI is InChI=1S/C10H21N3O3S/c1-16-10-8-11-7-9(10)12-17(14,15)13-5-3-2-4-6-13/h9-12H,2-8H2,1H3/t9?,10-/m0/s1. The van der Waals surface area contributed by atoms with Gasteiger partial charge in [-0.05, 0) is 12.8 Å². The Morgan fingerprint density at radius 2 is 1.94 bits per heavy atom. The SMILES string of the molecule is CO[C@H]1CNCC1NS(=O)(=O)N1CCCCC1. The second-order valence-electron chi connectivity index (χ2n) is 4.62. The molecule has 17 heavy (non-hydrogen) atoms. The average Bonchev–Trinajstić information content (AvgIpc) is 2.77. The molecule has 0 radical (unpaired) electrons. The van der Waals surface area contributed by atoms with Gasteiger partial charge >= 0.3 is 0 Å². The van der Waals surface area contributed by atoms with Crippen molar-refractivity contribution in [1.82, 2.24) is 14.3 Å². The van der Waals surface area contributed by atoms with Gasteiger partial charge in [0.05, 0.1) is 12.1 Å². The Morgan fingerprint density at radius 3 is 2.59 bits per heavy atom. The van der Waals surface area contributed by atoms with Crippen LogP contribution < -0.4 is 10.0 Å². The topological polar surface area (TPSA) is 70.7 Å². The third-order valence-electron chi connectivity index (χ3n) is 3.42. The van der Waals surface area contributed by atoms with Crippen LogP contribution in [0.2, 0.25) is 0 Å². The van der Waals surface area contributed by atoms with Gasteiger partial charge in [-0.1, -0.05) is 6.42 Å². The molecule has 7 heteroatoms. The summed E-state index contributed by atoms with van der Waals surface area (Å²) in [4.78, 5) is 0. The van der Waals surface area contributed by atoms with Crippen molar-refractivity contribution in [3.05, 3.63) is 0 Å². The molecule has 0 spiro atoms. The molecule has 2 aliphatic heterocycles. The highest BCUT2D eigenvalue weighted by atomic mass is 32.2. The predicted octanol–water partition coefficient (Wildman–Crippen LogP) is -0.706. The van der Waals surface area contributed by atoms with Crippen molar-refractivity contribution >= 4 is 10.2 Å². The Hall–Kier alpha value is -0.210. The molecule has 0 aromatic carbocycles. The quantitative estimate of drug-likeness (QED) is 0.703. The minimum Gasteiger partial charge on any atom is -0.378 e. The number of ether oxygens (including phenoxy) is 1. The molecule has 2 heterocycles. The molecule has 2 N–H and O–H groups in total. The van der Waals surface area contributed by atoms with Crippen LogP contribution in [0, 0.1) is 0 Å². The number of rotatable bonds is 4. The zero-order valence-corrected chi connectivity index (χ0v) is 11.0. The van der Waals surface area contributed by atoms with Crippen molar-refractivity contribution in [2.24, 2.45) is 0 Å². The predicted molar refractivity (Wildman–Crippen MR) is 64.9 cm³/mol. The van der Waals surface area contributed by atoms with Crippen LogP contribution in [0.1, 0.15) is 19.3 Å². The van der Waals surface area contributed by atoms with Gasteiger partial charge in [0.1, 0.15) is 0 Å². The van der Waals surface area contributed by atoms with Gasteiger partial charge in [0.25, 0.3) is 10.2 Å². The Balaban J connectivity index is 1.96. The monoisotopic (exact) mass is 263 g/mol. The van der Waals surface area contributed by atoms with E-state index in [2.05, 4.69) is 10.0 Å². The minimum absolute atomic E-state index is 0.0745. The summed E-state index contributed by atoms with van der Waals surface area (Å²) in [5.74, 6) is 0. The molecule has 0 bridgehead atoms. The second kappa shape index (κ2) is 5.62. The highest BCUT2D eigenvalue weighted by Gasteiger charge is 2.33. The molecule has 2 rings (SSSR count). The summed E-state index contributed by atoms with van der Waals surface area (Å²) in [5.41, 5.74) is 0. The largest absolute Gasteiger partial charge is 0.378 e. The molecule has 2 saturated heterocycles. The lowest BCUT2D eigenvalue weighted by molar-refractivity contribution is 0.102. The first-order valence-corrected chi connectivity index (χ1v) is 7.58. The molecule has 0 saturated carbocycles. The van der Waals surface area contributed by atoms with E-state index in [1.54, 1.807) is 11.4 Å². The van der Waals surface area contributed by atoms with Crippen molar-refractivity contribution in [3.8, 4) is 0 Å². The molecule has 0 aliphatic carbocycles. The molecule has 2 fully saturated rings. The fourth-order valence-corrected chi connectivity index (χ4v) is 3.90. The molecule has 1 unspecified atom stereocenters. The first kappa shape index (κ1) is 13.2. The van der Waals surface area contributed by atoms with Crippen LogP contribution in [0.25, 0.3) is 0 Å². The van der Waals surface area contributed by atoms with Gasteiger partial charge in [-0.3, -0.25) is 0 Å². The molecule has 0 amide bonds. The summed E-state index contributed by atoms with van der Waals surface area (Å²) < 4.78 is 33.8. The highest BCUT2D eigenvalue weighted by Crippen LogP contribution is 2.13. The van der Waals surface area contributed by atoms with Gasteiger partial charge in [-0.2, -0.15) is 17.4 Å². The Labute approximate surface area is 103 Å². The van der Waals surface area contributed by atoms with E-state index < -0.39 is 10.2 Å².